The normalized spacial score (nSPS) is 24.9. The number of benzene rings is 1. The van der Waals surface area contributed by atoms with Gasteiger partial charge in [-0.05, 0) is 43.9 Å². The highest BCUT2D eigenvalue weighted by atomic mass is 19.1. The van der Waals surface area contributed by atoms with E-state index in [1.165, 1.54) is 31.7 Å². The first-order valence-electron chi connectivity index (χ1n) is 7.54. The maximum Gasteiger partial charge on any atom is 0.169 e. The van der Waals surface area contributed by atoms with Crippen LogP contribution >= 0.6 is 0 Å². The average molecular weight is 275 g/mol. The standard InChI is InChI=1S/C17H22FNO/c1-11-5-3-6-12(9-11)16(19-2)15-10-13-7-4-8-14(18)17(13)20-15/h4,7-8,10-12,16,19H,3,5-6,9H2,1-2H3. The van der Waals surface area contributed by atoms with Gasteiger partial charge in [-0.25, -0.2) is 4.39 Å². The van der Waals surface area contributed by atoms with Crippen LogP contribution in [-0.2, 0) is 0 Å². The molecule has 1 aliphatic rings. The van der Waals surface area contributed by atoms with E-state index in [2.05, 4.69) is 12.2 Å². The minimum atomic E-state index is -0.277. The van der Waals surface area contributed by atoms with Gasteiger partial charge >= 0.3 is 0 Å². The molecule has 1 aromatic heterocycles. The number of halogens is 1. The molecule has 3 atom stereocenters. The monoisotopic (exact) mass is 275 g/mol. The van der Waals surface area contributed by atoms with Crippen LogP contribution in [0, 0.1) is 17.7 Å². The molecule has 0 spiro atoms. The van der Waals surface area contributed by atoms with Crippen molar-refractivity contribution in [3.05, 3.63) is 35.8 Å². The van der Waals surface area contributed by atoms with Crippen LogP contribution in [0.5, 0.6) is 0 Å². The fraction of sp³-hybridized carbons (Fsp3) is 0.529. The molecule has 1 heterocycles. The van der Waals surface area contributed by atoms with Gasteiger partial charge in [-0.3, -0.25) is 0 Å². The van der Waals surface area contributed by atoms with E-state index in [9.17, 15) is 4.39 Å². The van der Waals surface area contributed by atoms with Crippen molar-refractivity contribution in [3.63, 3.8) is 0 Å². The van der Waals surface area contributed by atoms with E-state index in [0.717, 1.165) is 17.1 Å². The maximum absolute atomic E-state index is 13.8. The van der Waals surface area contributed by atoms with Gasteiger partial charge in [-0.15, -0.1) is 0 Å². The lowest BCUT2D eigenvalue weighted by atomic mass is 9.78. The zero-order valence-electron chi connectivity index (χ0n) is 12.2. The van der Waals surface area contributed by atoms with Gasteiger partial charge in [0.1, 0.15) is 5.76 Å². The van der Waals surface area contributed by atoms with Crippen molar-refractivity contribution in [2.45, 2.75) is 38.6 Å². The molecule has 1 fully saturated rings. The molecular formula is C17H22FNO. The molecule has 0 aliphatic heterocycles. The Kier molecular flexibility index (Phi) is 3.79. The highest BCUT2D eigenvalue weighted by Gasteiger charge is 2.29. The van der Waals surface area contributed by atoms with Crippen LogP contribution in [-0.4, -0.2) is 7.05 Å². The molecule has 2 nitrogen and oxygen atoms in total. The molecule has 0 saturated heterocycles. The molecule has 20 heavy (non-hydrogen) atoms. The molecule has 1 saturated carbocycles. The van der Waals surface area contributed by atoms with Crippen LogP contribution in [0.1, 0.15) is 44.4 Å². The molecule has 1 N–H and O–H groups in total. The van der Waals surface area contributed by atoms with E-state index < -0.39 is 0 Å². The van der Waals surface area contributed by atoms with Gasteiger partial charge in [0, 0.05) is 5.39 Å². The van der Waals surface area contributed by atoms with Crippen LogP contribution in [0.15, 0.2) is 28.7 Å². The quantitative estimate of drug-likeness (QED) is 0.881. The fourth-order valence-electron chi connectivity index (χ4n) is 3.59. The molecule has 3 heteroatoms. The third kappa shape index (κ3) is 2.47. The van der Waals surface area contributed by atoms with Crippen molar-refractivity contribution >= 4 is 11.0 Å². The van der Waals surface area contributed by atoms with Gasteiger partial charge in [0.15, 0.2) is 11.4 Å². The summed E-state index contributed by atoms with van der Waals surface area (Å²) in [5.74, 6) is 1.94. The Morgan fingerprint density at radius 3 is 2.90 bits per heavy atom. The lowest BCUT2D eigenvalue weighted by molar-refractivity contribution is 0.213. The SMILES string of the molecule is CNC(c1cc2cccc(F)c2o1)C1CCCC(C)C1. The van der Waals surface area contributed by atoms with Gasteiger partial charge in [-0.1, -0.05) is 31.9 Å². The van der Waals surface area contributed by atoms with E-state index in [1.54, 1.807) is 6.07 Å². The Morgan fingerprint density at radius 2 is 2.20 bits per heavy atom. The molecular weight excluding hydrogens is 253 g/mol. The van der Waals surface area contributed by atoms with Crippen molar-refractivity contribution in [3.8, 4) is 0 Å². The highest BCUT2D eigenvalue weighted by Crippen LogP contribution is 2.38. The zero-order chi connectivity index (χ0) is 14.1. The Labute approximate surface area is 119 Å². The maximum atomic E-state index is 13.8. The second-order valence-electron chi connectivity index (χ2n) is 6.11. The number of nitrogens with one attached hydrogen (secondary N) is 1. The first-order chi connectivity index (χ1) is 9.69. The van der Waals surface area contributed by atoms with Crippen LogP contribution in [0.25, 0.3) is 11.0 Å². The Hall–Kier alpha value is -1.35. The van der Waals surface area contributed by atoms with E-state index in [4.69, 9.17) is 4.42 Å². The molecule has 2 aromatic rings. The van der Waals surface area contributed by atoms with Gasteiger partial charge < -0.3 is 9.73 Å². The zero-order valence-corrected chi connectivity index (χ0v) is 12.2. The molecule has 3 unspecified atom stereocenters. The van der Waals surface area contributed by atoms with Crippen molar-refractivity contribution in [2.75, 3.05) is 7.05 Å². The van der Waals surface area contributed by atoms with Crippen LogP contribution in [0.4, 0.5) is 4.39 Å². The van der Waals surface area contributed by atoms with Crippen molar-refractivity contribution in [1.82, 2.24) is 5.32 Å². The predicted octanol–water partition coefficient (Wildman–Crippen LogP) is 4.66. The first kappa shape index (κ1) is 13.6. The van der Waals surface area contributed by atoms with Gasteiger partial charge in [-0.2, -0.15) is 0 Å². The van der Waals surface area contributed by atoms with E-state index in [1.807, 2.05) is 19.2 Å². The Morgan fingerprint density at radius 1 is 1.35 bits per heavy atom. The lowest BCUT2D eigenvalue weighted by Gasteiger charge is -2.32. The molecule has 1 aliphatic carbocycles. The van der Waals surface area contributed by atoms with Gasteiger partial charge in [0.05, 0.1) is 6.04 Å². The number of rotatable bonds is 3. The van der Waals surface area contributed by atoms with E-state index in [0.29, 0.717) is 11.5 Å². The number of hydrogen-bond donors (Lipinski definition) is 1. The molecule has 0 amide bonds. The second kappa shape index (κ2) is 5.57. The summed E-state index contributed by atoms with van der Waals surface area (Å²) >= 11 is 0. The summed E-state index contributed by atoms with van der Waals surface area (Å²) in [6, 6.07) is 7.26. The summed E-state index contributed by atoms with van der Waals surface area (Å²) in [5.41, 5.74) is 0.381. The van der Waals surface area contributed by atoms with Gasteiger partial charge in [0.2, 0.25) is 0 Å². The first-order valence-corrected chi connectivity index (χ1v) is 7.54. The molecule has 108 valence electrons. The third-order valence-corrected chi connectivity index (χ3v) is 4.58. The summed E-state index contributed by atoms with van der Waals surface area (Å²) < 4.78 is 19.6. The summed E-state index contributed by atoms with van der Waals surface area (Å²) in [6.45, 7) is 2.32. The van der Waals surface area contributed by atoms with Crippen LogP contribution in [0.3, 0.4) is 0 Å². The number of para-hydroxylation sites is 1. The van der Waals surface area contributed by atoms with E-state index >= 15 is 0 Å². The average Bonchev–Trinajstić information content (AvgIpc) is 2.85. The third-order valence-electron chi connectivity index (χ3n) is 4.58. The Balaban J connectivity index is 1.92. The van der Waals surface area contributed by atoms with Crippen LogP contribution in [0.2, 0.25) is 0 Å². The number of furan rings is 1. The molecule has 0 bridgehead atoms. The number of hydrogen-bond acceptors (Lipinski definition) is 2. The van der Waals surface area contributed by atoms with Crippen molar-refractivity contribution < 1.29 is 8.81 Å². The Bertz CT molecular complexity index is 592. The largest absolute Gasteiger partial charge is 0.456 e. The highest BCUT2D eigenvalue weighted by molar-refractivity contribution is 5.78. The van der Waals surface area contributed by atoms with E-state index in [-0.39, 0.29) is 11.9 Å². The number of fused-ring (bicyclic) bond motifs is 1. The van der Waals surface area contributed by atoms with Crippen LogP contribution < -0.4 is 5.32 Å². The summed E-state index contributed by atoms with van der Waals surface area (Å²) in [5, 5.41) is 4.22. The lowest BCUT2D eigenvalue weighted by Crippen LogP contribution is -2.28. The summed E-state index contributed by atoms with van der Waals surface area (Å²) in [6.07, 6.45) is 5.03. The topological polar surface area (TPSA) is 25.2 Å². The fourth-order valence-corrected chi connectivity index (χ4v) is 3.59. The molecule has 3 rings (SSSR count). The second-order valence-corrected chi connectivity index (χ2v) is 6.11. The van der Waals surface area contributed by atoms with Gasteiger partial charge in [0.25, 0.3) is 0 Å². The minimum Gasteiger partial charge on any atom is -0.456 e. The summed E-state index contributed by atoms with van der Waals surface area (Å²) in [4.78, 5) is 0. The minimum absolute atomic E-state index is 0.185. The molecule has 1 aromatic carbocycles. The molecule has 0 radical (unpaired) electrons. The van der Waals surface area contributed by atoms with Crippen molar-refractivity contribution in [1.29, 1.82) is 0 Å². The van der Waals surface area contributed by atoms with Crippen molar-refractivity contribution in [2.24, 2.45) is 11.8 Å². The smallest absolute Gasteiger partial charge is 0.169 e. The summed E-state index contributed by atoms with van der Waals surface area (Å²) in [7, 11) is 1.97. The predicted molar refractivity (Wildman–Crippen MR) is 79.1 cm³/mol.